The molecule has 0 saturated carbocycles. The van der Waals surface area contributed by atoms with Gasteiger partial charge in [-0.05, 0) is 30.7 Å². The number of aromatic amines is 1. The summed E-state index contributed by atoms with van der Waals surface area (Å²) >= 11 is 7.44. The van der Waals surface area contributed by atoms with Gasteiger partial charge in [-0.25, -0.2) is 9.78 Å². The van der Waals surface area contributed by atoms with Crippen LogP contribution in [0.15, 0.2) is 39.0 Å². The van der Waals surface area contributed by atoms with Crippen molar-refractivity contribution in [3.8, 4) is 5.75 Å². The number of unbranched alkanes of at least 4 members (excludes halogenated alkanes) is 6. The largest absolute Gasteiger partial charge is 0.491 e. The molecule has 2 aromatic heterocycles. The molecule has 2 heterocycles. The fourth-order valence-corrected chi connectivity index (χ4v) is 4.83. The van der Waals surface area contributed by atoms with E-state index >= 15 is 0 Å². The summed E-state index contributed by atoms with van der Waals surface area (Å²) in [5, 5.41) is 11.9. The Bertz CT molecular complexity index is 1170. The molecule has 0 unspecified atom stereocenters. The molecular weight excluding hydrogens is 476 g/mol. The molecule has 0 amide bonds. The van der Waals surface area contributed by atoms with Crippen LogP contribution in [0.3, 0.4) is 0 Å². The molecule has 0 aliphatic heterocycles. The maximum absolute atomic E-state index is 12.6. The van der Waals surface area contributed by atoms with E-state index < -0.39 is 17.4 Å². The van der Waals surface area contributed by atoms with Crippen LogP contribution in [-0.4, -0.2) is 42.7 Å². The monoisotopic (exact) mass is 508 g/mol. The number of aryl methyl sites for hydroxylation is 1. The number of hydrogen-bond acceptors (Lipinski definition) is 6. The zero-order valence-corrected chi connectivity index (χ0v) is 21.3. The number of nitrogens with one attached hydrogen (secondary N) is 1. The highest BCUT2D eigenvalue weighted by Gasteiger charge is 2.20. The molecule has 3 aromatic rings. The third-order valence-corrected chi connectivity index (χ3v) is 6.92. The number of nitrogens with zero attached hydrogens (tertiary/aromatic N) is 3. The van der Waals surface area contributed by atoms with E-state index in [0.717, 1.165) is 18.6 Å². The van der Waals surface area contributed by atoms with Crippen molar-refractivity contribution in [3.05, 3.63) is 50.1 Å². The second-order valence-electron chi connectivity index (χ2n) is 8.38. The van der Waals surface area contributed by atoms with Crippen LogP contribution >= 0.6 is 23.4 Å². The molecular formula is C24H33ClN4O4S. The van der Waals surface area contributed by atoms with Gasteiger partial charge in [-0.3, -0.25) is 14.3 Å². The molecule has 34 heavy (non-hydrogen) atoms. The summed E-state index contributed by atoms with van der Waals surface area (Å²) in [7, 11) is 1.57. The Morgan fingerprint density at radius 1 is 1.12 bits per heavy atom. The van der Waals surface area contributed by atoms with Crippen molar-refractivity contribution in [2.24, 2.45) is 7.05 Å². The lowest BCUT2D eigenvalue weighted by Gasteiger charge is -2.15. The first-order valence-corrected chi connectivity index (χ1v) is 13.2. The average molecular weight is 509 g/mol. The second-order valence-corrected chi connectivity index (χ2v) is 9.88. The van der Waals surface area contributed by atoms with Gasteiger partial charge in [-0.2, -0.15) is 0 Å². The number of rotatable bonds is 14. The van der Waals surface area contributed by atoms with Crippen LogP contribution in [0.2, 0.25) is 5.02 Å². The predicted molar refractivity (Wildman–Crippen MR) is 137 cm³/mol. The average Bonchev–Trinajstić information content (AvgIpc) is 3.17. The van der Waals surface area contributed by atoms with E-state index in [2.05, 4.69) is 16.9 Å². The Hall–Kier alpha value is -2.23. The van der Waals surface area contributed by atoms with Crippen LogP contribution in [0.1, 0.15) is 51.9 Å². The summed E-state index contributed by atoms with van der Waals surface area (Å²) in [5.41, 5.74) is -0.451. The van der Waals surface area contributed by atoms with Crippen LogP contribution in [0.5, 0.6) is 5.75 Å². The predicted octanol–water partition coefficient (Wildman–Crippen LogP) is 4.36. The van der Waals surface area contributed by atoms with Gasteiger partial charge in [0.05, 0.1) is 6.54 Å². The van der Waals surface area contributed by atoms with Gasteiger partial charge >= 0.3 is 5.69 Å². The van der Waals surface area contributed by atoms with E-state index in [4.69, 9.17) is 16.3 Å². The third kappa shape index (κ3) is 7.13. The minimum Gasteiger partial charge on any atom is -0.491 e. The molecule has 10 heteroatoms. The highest BCUT2D eigenvalue weighted by atomic mass is 35.5. The van der Waals surface area contributed by atoms with Crippen LogP contribution in [0, 0.1) is 0 Å². The summed E-state index contributed by atoms with van der Waals surface area (Å²) < 4.78 is 8.67. The van der Waals surface area contributed by atoms with Crippen LogP contribution in [0.4, 0.5) is 0 Å². The van der Waals surface area contributed by atoms with Gasteiger partial charge in [0.2, 0.25) is 0 Å². The highest BCUT2D eigenvalue weighted by Crippen LogP contribution is 2.24. The van der Waals surface area contributed by atoms with E-state index in [1.165, 1.54) is 48.4 Å². The molecule has 0 fully saturated rings. The number of fused-ring (bicyclic) bond motifs is 1. The van der Waals surface area contributed by atoms with Crippen molar-refractivity contribution in [2.45, 2.75) is 69.7 Å². The van der Waals surface area contributed by atoms with E-state index in [1.54, 1.807) is 35.9 Å². The minimum atomic E-state index is -0.886. The number of H-pyrrole nitrogens is 1. The van der Waals surface area contributed by atoms with E-state index in [0.29, 0.717) is 21.6 Å². The van der Waals surface area contributed by atoms with Gasteiger partial charge in [0.25, 0.3) is 5.56 Å². The molecule has 1 aromatic carbocycles. The molecule has 0 radical (unpaired) electrons. The molecule has 0 saturated heterocycles. The molecule has 0 spiro atoms. The SMILES string of the molecule is CCCCCCCCCSc1nc2c(c(=O)[nH]c(=O)n2C)n1C[C@H](O)COc1ccc(Cl)cc1. The molecule has 2 N–H and O–H groups in total. The Kier molecular flexibility index (Phi) is 10.1. The van der Waals surface area contributed by atoms with Crippen molar-refractivity contribution in [1.29, 1.82) is 0 Å². The number of thioether (sulfide) groups is 1. The van der Waals surface area contributed by atoms with E-state index in [9.17, 15) is 14.7 Å². The number of hydrogen-bond donors (Lipinski definition) is 2. The summed E-state index contributed by atoms with van der Waals surface area (Å²) in [6, 6.07) is 6.88. The number of halogens is 1. The Morgan fingerprint density at radius 2 is 1.79 bits per heavy atom. The van der Waals surface area contributed by atoms with Crippen molar-refractivity contribution < 1.29 is 9.84 Å². The number of benzene rings is 1. The van der Waals surface area contributed by atoms with Crippen LogP contribution in [0.25, 0.3) is 11.2 Å². The molecule has 3 rings (SSSR count). The first-order valence-electron chi connectivity index (χ1n) is 11.8. The molecule has 0 aliphatic carbocycles. The fraction of sp³-hybridized carbons (Fsp3) is 0.542. The smallest absolute Gasteiger partial charge is 0.329 e. The highest BCUT2D eigenvalue weighted by molar-refractivity contribution is 7.99. The number of aliphatic hydroxyl groups is 1. The molecule has 0 bridgehead atoms. The van der Waals surface area contributed by atoms with E-state index in [-0.39, 0.29) is 18.7 Å². The Morgan fingerprint density at radius 3 is 2.50 bits per heavy atom. The number of imidazole rings is 1. The van der Waals surface area contributed by atoms with Gasteiger partial charge in [0.15, 0.2) is 16.3 Å². The maximum atomic E-state index is 12.6. The zero-order chi connectivity index (χ0) is 24.5. The lowest BCUT2D eigenvalue weighted by atomic mass is 10.1. The first-order chi connectivity index (χ1) is 16.4. The van der Waals surface area contributed by atoms with Crippen LogP contribution in [-0.2, 0) is 13.6 Å². The normalized spacial score (nSPS) is 12.4. The lowest BCUT2D eigenvalue weighted by molar-refractivity contribution is 0.0914. The fourth-order valence-electron chi connectivity index (χ4n) is 3.70. The molecule has 8 nitrogen and oxygen atoms in total. The third-order valence-electron chi connectivity index (χ3n) is 5.60. The van der Waals surface area contributed by atoms with Gasteiger partial charge in [-0.15, -0.1) is 0 Å². The first kappa shape index (κ1) is 26.4. The van der Waals surface area contributed by atoms with Crippen molar-refractivity contribution >= 4 is 34.5 Å². The van der Waals surface area contributed by atoms with Crippen molar-refractivity contribution in [3.63, 3.8) is 0 Å². The van der Waals surface area contributed by atoms with Crippen molar-refractivity contribution in [2.75, 3.05) is 12.4 Å². The molecule has 1 atom stereocenters. The molecule has 0 aliphatic rings. The quantitative estimate of drug-likeness (QED) is 0.248. The van der Waals surface area contributed by atoms with E-state index in [1.807, 2.05) is 0 Å². The summed E-state index contributed by atoms with van der Waals surface area (Å²) in [5.74, 6) is 1.44. The van der Waals surface area contributed by atoms with Gasteiger partial charge in [0.1, 0.15) is 18.5 Å². The van der Waals surface area contributed by atoms with Gasteiger partial charge < -0.3 is 14.4 Å². The summed E-state index contributed by atoms with van der Waals surface area (Å²) in [6.07, 6.45) is 7.58. The maximum Gasteiger partial charge on any atom is 0.329 e. The number of ether oxygens (including phenoxy) is 1. The van der Waals surface area contributed by atoms with Crippen molar-refractivity contribution in [1.82, 2.24) is 19.1 Å². The Balaban J connectivity index is 1.69. The van der Waals surface area contributed by atoms with Crippen LogP contribution < -0.4 is 16.0 Å². The standard InChI is InChI=1S/C24H33ClN4O4S/c1-3-4-5-6-7-8-9-14-34-24-26-21-20(22(31)27-23(32)28(21)2)29(24)15-18(30)16-33-19-12-10-17(25)11-13-19/h10-13,18,30H,3-9,14-16H2,1-2H3,(H,27,31,32)/t18-/m0/s1. The summed E-state index contributed by atoms with van der Waals surface area (Å²) in [6.45, 7) is 2.36. The van der Waals surface area contributed by atoms with Gasteiger partial charge in [0, 0.05) is 17.8 Å². The van der Waals surface area contributed by atoms with Gasteiger partial charge in [-0.1, -0.05) is 68.8 Å². The number of aromatic nitrogens is 4. The lowest BCUT2D eigenvalue weighted by Crippen LogP contribution is -2.30. The topological polar surface area (TPSA) is 102 Å². The second kappa shape index (κ2) is 13.0. The Labute approximate surface area is 208 Å². The zero-order valence-electron chi connectivity index (χ0n) is 19.8. The minimum absolute atomic E-state index is 0.0346. The molecule has 186 valence electrons. The number of aliphatic hydroxyl groups excluding tert-OH is 1. The summed E-state index contributed by atoms with van der Waals surface area (Å²) in [4.78, 5) is 31.6.